The monoisotopic (exact) mass is 457 g/mol. The highest BCUT2D eigenvalue weighted by Crippen LogP contribution is 2.38. The molecule has 3 atom stereocenters. The van der Waals surface area contributed by atoms with Crippen molar-refractivity contribution in [2.24, 2.45) is 0 Å². The van der Waals surface area contributed by atoms with Crippen molar-refractivity contribution in [3.8, 4) is 0 Å². The summed E-state index contributed by atoms with van der Waals surface area (Å²) in [6.45, 7) is 9.73. The molecule has 2 heterocycles. The summed E-state index contributed by atoms with van der Waals surface area (Å²) in [5, 5.41) is 9.31. The van der Waals surface area contributed by atoms with Gasteiger partial charge in [-0.1, -0.05) is 36.4 Å². The van der Waals surface area contributed by atoms with Crippen LogP contribution in [0, 0.1) is 6.92 Å². The van der Waals surface area contributed by atoms with Crippen molar-refractivity contribution < 1.29 is 13.5 Å². The summed E-state index contributed by atoms with van der Waals surface area (Å²) in [4.78, 5) is 4.41. The van der Waals surface area contributed by atoms with Gasteiger partial charge in [-0.05, 0) is 62.4 Å². The predicted octanol–water partition coefficient (Wildman–Crippen LogP) is 3.51. The zero-order valence-corrected chi connectivity index (χ0v) is 20.1. The van der Waals surface area contributed by atoms with Crippen LogP contribution in [0.25, 0.3) is 0 Å². The van der Waals surface area contributed by atoms with Crippen molar-refractivity contribution >= 4 is 15.7 Å². The number of piperazine rings is 1. The number of hydrogen-bond donors (Lipinski definition) is 1. The number of benzene rings is 2. The summed E-state index contributed by atoms with van der Waals surface area (Å²) in [7, 11) is -3.43. The maximum atomic E-state index is 13.5. The number of hydrogen-bond acceptors (Lipinski definition) is 5. The molecular weight excluding hydrogens is 422 g/mol. The van der Waals surface area contributed by atoms with Crippen LogP contribution >= 0.6 is 0 Å². The van der Waals surface area contributed by atoms with Gasteiger partial charge in [-0.15, -0.1) is 0 Å². The molecule has 0 bridgehead atoms. The molecule has 0 aromatic heterocycles. The first kappa shape index (κ1) is 23.2. The molecule has 0 saturated carbocycles. The zero-order chi connectivity index (χ0) is 22.9. The minimum atomic E-state index is -3.43. The maximum absolute atomic E-state index is 13.5. The first-order chi connectivity index (χ1) is 15.3. The highest BCUT2D eigenvalue weighted by atomic mass is 32.2. The minimum Gasteiger partial charge on any atom is -0.379 e. The third-order valence-electron chi connectivity index (χ3n) is 7.06. The molecule has 6 nitrogen and oxygen atoms in total. The molecule has 174 valence electrons. The van der Waals surface area contributed by atoms with Crippen LogP contribution in [-0.2, 0) is 16.6 Å². The van der Waals surface area contributed by atoms with Gasteiger partial charge in [0.1, 0.15) is 11.5 Å². The van der Waals surface area contributed by atoms with Gasteiger partial charge in [-0.25, -0.2) is 8.42 Å². The van der Waals surface area contributed by atoms with Gasteiger partial charge in [-0.2, -0.15) is 4.31 Å². The fourth-order valence-corrected chi connectivity index (χ4v) is 7.12. The average Bonchev–Trinajstić information content (AvgIpc) is 2.78. The van der Waals surface area contributed by atoms with Crippen LogP contribution in [0.2, 0.25) is 0 Å². The largest absolute Gasteiger partial charge is 0.379 e. The SMILES string of the molecule is Cc1cc(N2CCN(C(C)O)CC2)ccc1CN1[C@@H](C)CCC(c2ccccc2)S1(=O)=O. The molecular formula is C25H35N3O3S. The zero-order valence-electron chi connectivity index (χ0n) is 19.3. The Kier molecular flexibility index (Phi) is 6.91. The predicted molar refractivity (Wildman–Crippen MR) is 129 cm³/mol. The van der Waals surface area contributed by atoms with E-state index in [4.69, 9.17) is 0 Å². The van der Waals surface area contributed by atoms with E-state index in [0.29, 0.717) is 13.0 Å². The van der Waals surface area contributed by atoms with Crippen molar-refractivity contribution in [3.05, 3.63) is 65.2 Å². The number of aryl methyl sites for hydroxylation is 1. The second-order valence-corrected chi connectivity index (χ2v) is 11.2. The van der Waals surface area contributed by atoms with Crippen molar-refractivity contribution in [2.45, 2.75) is 57.7 Å². The number of aliphatic hydroxyl groups is 1. The van der Waals surface area contributed by atoms with Crippen molar-refractivity contribution in [2.75, 3.05) is 31.1 Å². The summed E-state index contributed by atoms with van der Waals surface area (Å²) < 4.78 is 28.8. The highest BCUT2D eigenvalue weighted by Gasteiger charge is 2.40. The molecule has 2 aromatic rings. The molecule has 2 aliphatic heterocycles. The Labute approximate surface area is 192 Å². The van der Waals surface area contributed by atoms with Crippen LogP contribution in [0.1, 0.15) is 48.6 Å². The van der Waals surface area contributed by atoms with E-state index in [1.54, 1.807) is 4.31 Å². The lowest BCUT2D eigenvalue weighted by Gasteiger charge is -2.38. The minimum absolute atomic E-state index is 0.00686. The Hall–Kier alpha value is -1.93. The van der Waals surface area contributed by atoms with Crippen LogP contribution in [0.4, 0.5) is 5.69 Å². The van der Waals surface area contributed by atoms with Gasteiger partial charge < -0.3 is 10.0 Å². The summed E-state index contributed by atoms with van der Waals surface area (Å²) in [5.41, 5.74) is 4.21. The van der Waals surface area contributed by atoms with Crippen LogP contribution in [0.3, 0.4) is 0 Å². The molecule has 0 spiro atoms. The third kappa shape index (κ3) is 4.71. The van der Waals surface area contributed by atoms with Gasteiger partial charge in [0.05, 0.1) is 0 Å². The molecule has 4 rings (SSSR count). The van der Waals surface area contributed by atoms with E-state index < -0.39 is 21.5 Å². The molecule has 0 radical (unpaired) electrons. The molecule has 2 aromatic carbocycles. The van der Waals surface area contributed by atoms with Gasteiger partial charge in [0.15, 0.2) is 0 Å². The smallest absolute Gasteiger partial charge is 0.221 e. The Morgan fingerprint density at radius 2 is 1.72 bits per heavy atom. The topological polar surface area (TPSA) is 64.1 Å². The lowest BCUT2D eigenvalue weighted by molar-refractivity contribution is 0.0153. The average molecular weight is 458 g/mol. The van der Waals surface area contributed by atoms with E-state index in [0.717, 1.165) is 55.0 Å². The summed E-state index contributed by atoms with van der Waals surface area (Å²) in [5.74, 6) is 0. The number of rotatable bonds is 5. The van der Waals surface area contributed by atoms with Crippen molar-refractivity contribution in [1.29, 1.82) is 0 Å². The van der Waals surface area contributed by atoms with Gasteiger partial charge in [0.2, 0.25) is 10.0 Å². The molecule has 7 heteroatoms. The Bertz CT molecular complexity index is 1020. The Balaban J connectivity index is 1.50. The lowest BCUT2D eigenvalue weighted by atomic mass is 10.0. The van der Waals surface area contributed by atoms with E-state index in [-0.39, 0.29) is 6.04 Å². The number of nitrogens with zero attached hydrogens (tertiary/aromatic N) is 3. The van der Waals surface area contributed by atoms with E-state index in [2.05, 4.69) is 34.9 Å². The molecule has 1 N–H and O–H groups in total. The van der Waals surface area contributed by atoms with Crippen molar-refractivity contribution in [1.82, 2.24) is 9.21 Å². The Morgan fingerprint density at radius 1 is 1.03 bits per heavy atom. The normalized spacial score (nSPS) is 25.6. The van der Waals surface area contributed by atoms with Crippen molar-refractivity contribution in [3.63, 3.8) is 0 Å². The first-order valence-corrected chi connectivity index (χ1v) is 13.1. The second kappa shape index (κ2) is 9.51. The van der Waals surface area contributed by atoms with Crippen LogP contribution in [0.5, 0.6) is 0 Å². The van der Waals surface area contributed by atoms with Crippen LogP contribution in [0.15, 0.2) is 48.5 Å². The van der Waals surface area contributed by atoms with Gasteiger partial charge in [-0.3, -0.25) is 4.90 Å². The third-order valence-corrected chi connectivity index (χ3v) is 9.43. The number of aliphatic hydroxyl groups excluding tert-OH is 1. The fourth-order valence-electron chi connectivity index (χ4n) is 4.93. The van der Waals surface area contributed by atoms with Crippen LogP contribution in [-0.4, -0.2) is 61.2 Å². The second-order valence-electron chi connectivity index (χ2n) is 9.18. The van der Waals surface area contributed by atoms with E-state index in [1.165, 1.54) is 0 Å². The lowest BCUT2D eigenvalue weighted by Crippen LogP contribution is -2.49. The highest BCUT2D eigenvalue weighted by molar-refractivity contribution is 7.89. The molecule has 2 aliphatic rings. The number of anilines is 1. The molecule has 2 unspecified atom stereocenters. The fraction of sp³-hybridized carbons (Fsp3) is 0.520. The van der Waals surface area contributed by atoms with Gasteiger partial charge in [0, 0.05) is 44.5 Å². The standard InChI is InChI=1S/C25H35N3O3S/c1-19-17-24(27-15-13-26(14-16-27)21(3)29)11-10-23(19)18-28-20(2)9-12-25(32(28,30)31)22-7-5-4-6-8-22/h4-8,10-11,17,20-21,25,29H,9,12-16,18H2,1-3H3/t20-,21?,25?/m0/s1. The molecule has 32 heavy (non-hydrogen) atoms. The summed E-state index contributed by atoms with van der Waals surface area (Å²) in [6, 6.07) is 16.0. The summed E-state index contributed by atoms with van der Waals surface area (Å²) in [6.07, 6.45) is 1.12. The molecule has 2 fully saturated rings. The Morgan fingerprint density at radius 3 is 2.34 bits per heavy atom. The quantitative estimate of drug-likeness (QED) is 0.744. The summed E-state index contributed by atoms with van der Waals surface area (Å²) >= 11 is 0. The van der Waals surface area contributed by atoms with E-state index >= 15 is 0 Å². The van der Waals surface area contributed by atoms with E-state index in [9.17, 15) is 13.5 Å². The number of sulfonamides is 1. The van der Waals surface area contributed by atoms with Crippen LogP contribution < -0.4 is 4.90 Å². The van der Waals surface area contributed by atoms with Gasteiger partial charge >= 0.3 is 0 Å². The van der Waals surface area contributed by atoms with E-state index in [1.807, 2.05) is 44.2 Å². The van der Waals surface area contributed by atoms with Gasteiger partial charge in [0.25, 0.3) is 0 Å². The first-order valence-electron chi connectivity index (χ1n) is 11.6. The maximum Gasteiger partial charge on any atom is 0.221 e. The molecule has 0 aliphatic carbocycles. The molecule has 2 saturated heterocycles. The molecule has 0 amide bonds.